The second-order valence-corrected chi connectivity index (χ2v) is 7.44. The van der Waals surface area contributed by atoms with Crippen molar-refractivity contribution < 1.29 is 14.6 Å². The van der Waals surface area contributed by atoms with E-state index in [4.69, 9.17) is 4.74 Å². The van der Waals surface area contributed by atoms with Gasteiger partial charge in [-0.15, -0.1) is 0 Å². The molecule has 2 rings (SSSR count). The number of piperidine rings is 1. The van der Waals surface area contributed by atoms with Crippen molar-refractivity contribution in [1.29, 1.82) is 0 Å². The third-order valence-electron chi connectivity index (χ3n) is 3.69. The molecule has 1 aromatic rings. The van der Waals surface area contributed by atoms with Gasteiger partial charge in [0.25, 0.3) is 0 Å². The summed E-state index contributed by atoms with van der Waals surface area (Å²) in [6.07, 6.45) is 3.36. The van der Waals surface area contributed by atoms with Gasteiger partial charge in [-0.3, -0.25) is 0 Å². The molecule has 0 aromatic carbocycles. The Kier molecular flexibility index (Phi) is 5.86. The number of likely N-dealkylation sites (tertiary alicyclic amines) is 1. The minimum Gasteiger partial charge on any atom is -0.444 e. The number of nitrogens with zero attached hydrogens (tertiary/aromatic N) is 3. The first-order chi connectivity index (χ1) is 10.8. The number of aliphatic hydroxyl groups excluding tert-OH is 1. The van der Waals surface area contributed by atoms with E-state index in [0.717, 1.165) is 18.5 Å². The van der Waals surface area contributed by atoms with Gasteiger partial charge in [-0.25, -0.2) is 14.8 Å². The summed E-state index contributed by atoms with van der Waals surface area (Å²) in [4.78, 5) is 22.7. The molecule has 1 aliphatic rings. The molecule has 7 heteroatoms. The lowest BCUT2D eigenvalue weighted by Gasteiger charge is -2.33. The van der Waals surface area contributed by atoms with Crippen LogP contribution in [-0.2, 0) is 11.3 Å². The maximum absolute atomic E-state index is 12.1. The fourth-order valence-corrected chi connectivity index (χ4v) is 2.96. The molecule has 1 fully saturated rings. The van der Waals surface area contributed by atoms with Crippen molar-refractivity contribution >= 4 is 17.9 Å². The first-order valence-corrected chi connectivity index (χ1v) is 9.05. The smallest absolute Gasteiger partial charge is 0.410 e. The molecule has 0 atom stereocenters. The maximum atomic E-state index is 12.1. The number of aromatic nitrogens is 2. The van der Waals surface area contributed by atoms with E-state index in [1.165, 1.54) is 11.8 Å². The van der Waals surface area contributed by atoms with Crippen LogP contribution in [0.3, 0.4) is 0 Å². The lowest BCUT2D eigenvalue weighted by molar-refractivity contribution is 0.0204. The molecule has 1 saturated heterocycles. The van der Waals surface area contributed by atoms with E-state index in [2.05, 4.69) is 9.97 Å². The van der Waals surface area contributed by atoms with E-state index >= 15 is 0 Å². The molecule has 128 valence electrons. The van der Waals surface area contributed by atoms with Crippen molar-refractivity contribution in [2.75, 3.05) is 19.3 Å². The topological polar surface area (TPSA) is 75.6 Å². The van der Waals surface area contributed by atoms with Crippen molar-refractivity contribution in [2.24, 2.45) is 0 Å². The highest BCUT2D eigenvalue weighted by molar-refractivity contribution is 7.98. The van der Waals surface area contributed by atoms with Gasteiger partial charge in [0.1, 0.15) is 5.60 Å². The average molecular weight is 339 g/mol. The maximum Gasteiger partial charge on any atom is 0.410 e. The molecule has 0 bridgehead atoms. The minimum absolute atomic E-state index is 0.0835. The Morgan fingerprint density at radius 1 is 1.39 bits per heavy atom. The Morgan fingerprint density at radius 2 is 2.04 bits per heavy atom. The molecule has 1 amide bonds. The second kappa shape index (κ2) is 7.49. The van der Waals surface area contributed by atoms with Crippen LogP contribution in [-0.4, -0.2) is 51.0 Å². The predicted octanol–water partition coefficient (Wildman–Crippen LogP) is 2.81. The molecule has 2 heterocycles. The normalized spacial score (nSPS) is 16.5. The number of hydrogen-bond donors (Lipinski definition) is 1. The highest BCUT2D eigenvalue weighted by atomic mass is 32.2. The number of rotatable bonds is 3. The summed E-state index contributed by atoms with van der Waals surface area (Å²) in [5, 5.41) is 10.0. The summed E-state index contributed by atoms with van der Waals surface area (Å²) in [6, 6.07) is 1.87. The van der Waals surface area contributed by atoms with Crippen LogP contribution in [0.1, 0.15) is 50.9 Å². The molecule has 1 N–H and O–H groups in total. The van der Waals surface area contributed by atoms with Crippen LogP contribution in [0.4, 0.5) is 4.79 Å². The fraction of sp³-hybridized carbons (Fsp3) is 0.688. The number of amides is 1. The monoisotopic (exact) mass is 339 g/mol. The van der Waals surface area contributed by atoms with Gasteiger partial charge in [-0.05, 0) is 45.9 Å². The Bertz CT molecular complexity index is 530. The molecule has 1 aromatic heterocycles. The standard InChI is InChI=1S/C16H25N3O3S/c1-16(2,3)22-15(21)19-7-5-11(6-8-19)13-9-12(10-20)17-14(18-13)23-4/h9,11,20H,5-8,10H2,1-4H3. The lowest BCUT2D eigenvalue weighted by atomic mass is 9.93. The van der Waals surface area contributed by atoms with E-state index in [1.54, 1.807) is 4.90 Å². The molecule has 0 radical (unpaired) electrons. The summed E-state index contributed by atoms with van der Waals surface area (Å²) in [7, 11) is 0. The van der Waals surface area contributed by atoms with Gasteiger partial charge in [-0.1, -0.05) is 11.8 Å². The number of aliphatic hydroxyl groups is 1. The highest BCUT2D eigenvalue weighted by Gasteiger charge is 2.28. The lowest BCUT2D eigenvalue weighted by Crippen LogP contribution is -2.41. The van der Waals surface area contributed by atoms with Gasteiger partial charge in [0.2, 0.25) is 0 Å². The van der Waals surface area contributed by atoms with Crippen LogP contribution >= 0.6 is 11.8 Å². The predicted molar refractivity (Wildman–Crippen MR) is 89.5 cm³/mol. The highest BCUT2D eigenvalue weighted by Crippen LogP contribution is 2.29. The zero-order valence-electron chi connectivity index (χ0n) is 14.2. The van der Waals surface area contributed by atoms with E-state index in [0.29, 0.717) is 23.9 Å². The van der Waals surface area contributed by atoms with Gasteiger partial charge >= 0.3 is 6.09 Å². The van der Waals surface area contributed by atoms with Crippen molar-refractivity contribution in [3.05, 3.63) is 17.5 Å². The summed E-state index contributed by atoms with van der Waals surface area (Å²) in [5.74, 6) is 0.285. The molecule has 0 saturated carbocycles. The van der Waals surface area contributed by atoms with Crippen LogP contribution in [0.2, 0.25) is 0 Å². The minimum atomic E-state index is -0.468. The molecule has 6 nitrogen and oxygen atoms in total. The third-order valence-corrected chi connectivity index (χ3v) is 4.24. The Hall–Kier alpha value is -1.34. The average Bonchev–Trinajstić information content (AvgIpc) is 2.52. The van der Waals surface area contributed by atoms with Crippen LogP contribution in [0.5, 0.6) is 0 Å². The van der Waals surface area contributed by atoms with Crippen LogP contribution < -0.4 is 0 Å². The van der Waals surface area contributed by atoms with E-state index in [1.807, 2.05) is 33.1 Å². The zero-order chi connectivity index (χ0) is 17.0. The van der Waals surface area contributed by atoms with Crippen molar-refractivity contribution in [3.8, 4) is 0 Å². The van der Waals surface area contributed by atoms with Gasteiger partial charge in [0.05, 0.1) is 12.3 Å². The van der Waals surface area contributed by atoms with Crippen LogP contribution in [0.25, 0.3) is 0 Å². The number of carbonyl (C=O) groups is 1. The molecular weight excluding hydrogens is 314 g/mol. The first kappa shape index (κ1) is 18.0. The number of ether oxygens (including phenoxy) is 1. The van der Waals surface area contributed by atoms with E-state index in [-0.39, 0.29) is 18.6 Å². The van der Waals surface area contributed by atoms with Crippen LogP contribution in [0.15, 0.2) is 11.2 Å². The number of hydrogen-bond acceptors (Lipinski definition) is 6. The van der Waals surface area contributed by atoms with Gasteiger partial charge < -0.3 is 14.7 Å². The first-order valence-electron chi connectivity index (χ1n) is 7.83. The molecule has 23 heavy (non-hydrogen) atoms. The Balaban J connectivity index is 2.00. The molecular formula is C16H25N3O3S. The van der Waals surface area contributed by atoms with Crippen molar-refractivity contribution in [3.63, 3.8) is 0 Å². The number of carbonyl (C=O) groups excluding carboxylic acids is 1. The zero-order valence-corrected chi connectivity index (χ0v) is 15.0. The molecule has 0 spiro atoms. The largest absolute Gasteiger partial charge is 0.444 e. The quantitative estimate of drug-likeness (QED) is 0.674. The second-order valence-electron chi connectivity index (χ2n) is 6.67. The van der Waals surface area contributed by atoms with E-state index in [9.17, 15) is 9.90 Å². The Labute approximate surface area is 141 Å². The van der Waals surface area contributed by atoms with Crippen LogP contribution in [0, 0.1) is 0 Å². The van der Waals surface area contributed by atoms with Gasteiger partial charge in [-0.2, -0.15) is 0 Å². The third kappa shape index (κ3) is 5.07. The summed E-state index contributed by atoms with van der Waals surface area (Å²) in [6.45, 7) is 6.86. The SMILES string of the molecule is CSc1nc(CO)cc(C2CCN(C(=O)OC(C)(C)C)CC2)n1. The van der Waals surface area contributed by atoms with Gasteiger partial charge in [0.15, 0.2) is 5.16 Å². The summed E-state index contributed by atoms with van der Waals surface area (Å²) >= 11 is 1.47. The molecule has 0 unspecified atom stereocenters. The fourth-order valence-electron chi connectivity index (χ4n) is 2.56. The van der Waals surface area contributed by atoms with Gasteiger partial charge in [0, 0.05) is 24.7 Å². The van der Waals surface area contributed by atoms with Crippen molar-refractivity contribution in [2.45, 2.75) is 56.9 Å². The van der Waals surface area contributed by atoms with Crippen molar-refractivity contribution in [1.82, 2.24) is 14.9 Å². The summed E-state index contributed by atoms with van der Waals surface area (Å²) < 4.78 is 5.42. The summed E-state index contributed by atoms with van der Waals surface area (Å²) in [5.41, 5.74) is 1.13. The number of thioether (sulfide) groups is 1. The molecule has 1 aliphatic heterocycles. The molecule has 0 aliphatic carbocycles. The Morgan fingerprint density at radius 3 is 2.57 bits per heavy atom. The van der Waals surface area contributed by atoms with E-state index < -0.39 is 5.60 Å².